The van der Waals surface area contributed by atoms with E-state index in [1.54, 1.807) is 31.2 Å². The van der Waals surface area contributed by atoms with Gasteiger partial charge in [0, 0.05) is 10.6 Å². The van der Waals surface area contributed by atoms with Crippen molar-refractivity contribution in [2.24, 2.45) is 0 Å². The molecule has 0 aliphatic heterocycles. The number of esters is 1. The van der Waals surface area contributed by atoms with Crippen LogP contribution in [-0.4, -0.2) is 27.2 Å². The highest BCUT2D eigenvalue weighted by molar-refractivity contribution is 6.30. The number of nitrogens with zero attached hydrogens (tertiary/aromatic N) is 3. The third-order valence-electron chi connectivity index (χ3n) is 3.40. The summed E-state index contributed by atoms with van der Waals surface area (Å²) in [7, 11) is 0. The molecule has 0 unspecified atom stereocenters. The van der Waals surface area contributed by atoms with E-state index in [0.29, 0.717) is 15.1 Å². The molecule has 0 aliphatic carbocycles. The Hall–Kier alpha value is -2.61. The molecule has 0 saturated carbocycles. The maximum absolute atomic E-state index is 13.4. The summed E-state index contributed by atoms with van der Waals surface area (Å²) in [6.45, 7) is 1.68. The van der Waals surface area contributed by atoms with Crippen molar-refractivity contribution in [1.29, 1.82) is 0 Å². The average molecular weight is 370 g/mol. The van der Waals surface area contributed by atoms with Crippen LogP contribution in [0.25, 0.3) is 16.9 Å². The highest BCUT2D eigenvalue weighted by atomic mass is 35.5. The summed E-state index contributed by atoms with van der Waals surface area (Å²) in [4.78, 5) is 16.1. The van der Waals surface area contributed by atoms with E-state index in [1.165, 1.54) is 0 Å². The Balaban J connectivity index is 2.26. The van der Waals surface area contributed by atoms with Crippen molar-refractivity contribution in [2.45, 2.75) is 13.1 Å². The predicted octanol–water partition coefficient (Wildman–Crippen LogP) is 4.25. The zero-order valence-corrected chi connectivity index (χ0v) is 13.6. The molecule has 0 N–H and O–H groups in total. The number of alkyl halides is 3. The van der Waals surface area contributed by atoms with Crippen LogP contribution in [0.2, 0.25) is 5.02 Å². The minimum Gasteiger partial charge on any atom is -0.462 e. The third-order valence-corrected chi connectivity index (χ3v) is 3.65. The van der Waals surface area contributed by atoms with Crippen LogP contribution in [0.1, 0.15) is 23.0 Å². The van der Waals surface area contributed by atoms with Crippen molar-refractivity contribution >= 4 is 23.2 Å². The first-order valence-corrected chi connectivity index (χ1v) is 7.58. The normalized spacial score (nSPS) is 11.7. The second kappa shape index (κ2) is 6.36. The van der Waals surface area contributed by atoms with Crippen LogP contribution in [0.4, 0.5) is 13.2 Å². The lowest BCUT2D eigenvalue weighted by atomic mass is 10.1. The average Bonchev–Trinajstić information content (AvgIpc) is 2.97. The van der Waals surface area contributed by atoms with Crippen LogP contribution >= 0.6 is 11.6 Å². The highest BCUT2D eigenvalue weighted by Gasteiger charge is 2.36. The Bertz CT molecular complexity index is 936. The lowest BCUT2D eigenvalue weighted by Gasteiger charge is -2.11. The Morgan fingerprint density at radius 1 is 1.28 bits per heavy atom. The van der Waals surface area contributed by atoms with E-state index in [9.17, 15) is 18.0 Å². The largest absolute Gasteiger partial charge is 0.462 e. The van der Waals surface area contributed by atoms with Gasteiger partial charge in [0.25, 0.3) is 0 Å². The van der Waals surface area contributed by atoms with Gasteiger partial charge in [-0.25, -0.2) is 14.3 Å². The van der Waals surface area contributed by atoms with E-state index in [2.05, 4.69) is 10.1 Å². The van der Waals surface area contributed by atoms with E-state index in [1.807, 2.05) is 0 Å². The summed E-state index contributed by atoms with van der Waals surface area (Å²) in [5, 5.41) is 4.09. The van der Waals surface area contributed by atoms with E-state index in [4.69, 9.17) is 16.3 Å². The molecule has 0 fully saturated rings. The van der Waals surface area contributed by atoms with Crippen molar-refractivity contribution in [3.63, 3.8) is 0 Å². The van der Waals surface area contributed by atoms with E-state index < -0.39 is 17.8 Å². The maximum Gasteiger partial charge on any atom is 0.433 e. The molecule has 3 rings (SSSR count). The van der Waals surface area contributed by atoms with Crippen LogP contribution in [0, 0.1) is 0 Å². The molecule has 3 aromatic rings. The molecule has 25 heavy (non-hydrogen) atoms. The van der Waals surface area contributed by atoms with Crippen molar-refractivity contribution in [2.75, 3.05) is 6.61 Å². The fraction of sp³-hybridized carbons (Fsp3) is 0.188. The molecule has 0 amide bonds. The van der Waals surface area contributed by atoms with Gasteiger partial charge in [-0.3, -0.25) is 0 Å². The SMILES string of the molecule is CCOC(=O)c1cnn2c(C(F)(F)F)cc(-c3ccc(Cl)cc3)nc12. The van der Waals surface area contributed by atoms with Gasteiger partial charge < -0.3 is 4.74 Å². The summed E-state index contributed by atoms with van der Waals surface area (Å²) in [5.74, 6) is -0.786. The van der Waals surface area contributed by atoms with Gasteiger partial charge in [0.2, 0.25) is 0 Å². The number of halogens is 4. The molecule has 130 valence electrons. The number of hydrogen-bond donors (Lipinski definition) is 0. The van der Waals surface area contributed by atoms with Crippen LogP contribution in [-0.2, 0) is 10.9 Å². The van der Waals surface area contributed by atoms with Gasteiger partial charge in [-0.15, -0.1) is 0 Å². The summed E-state index contributed by atoms with van der Waals surface area (Å²) in [6.07, 6.45) is -3.67. The molecule has 0 saturated heterocycles. The second-order valence-electron chi connectivity index (χ2n) is 5.05. The lowest BCUT2D eigenvalue weighted by molar-refractivity contribution is -0.142. The van der Waals surface area contributed by atoms with Crippen LogP contribution in [0.5, 0.6) is 0 Å². The van der Waals surface area contributed by atoms with Gasteiger partial charge in [-0.05, 0) is 25.1 Å². The standard InChI is InChI=1S/C16H11ClF3N3O2/c1-2-25-15(24)11-8-21-23-13(16(18,19)20)7-12(22-14(11)23)9-3-5-10(17)6-4-9/h3-8H,2H2,1H3. The van der Waals surface area contributed by atoms with Crippen molar-refractivity contribution in [3.05, 3.63) is 52.8 Å². The number of fused-ring (bicyclic) bond motifs is 1. The van der Waals surface area contributed by atoms with Crippen LogP contribution in [0.15, 0.2) is 36.5 Å². The minimum atomic E-state index is -4.68. The quantitative estimate of drug-likeness (QED) is 0.648. The first-order valence-electron chi connectivity index (χ1n) is 7.20. The molecule has 2 heterocycles. The Morgan fingerprint density at radius 2 is 1.96 bits per heavy atom. The Labute approximate surface area is 145 Å². The minimum absolute atomic E-state index is 0.0440. The van der Waals surface area contributed by atoms with E-state index in [-0.39, 0.29) is 23.5 Å². The summed E-state index contributed by atoms with van der Waals surface area (Å²) < 4.78 is 45.7. The van der Waals surface area contributed by atoms with Crippen LogP contribution in [0.3, 0.4) is 0 Å². The molecule has 0 radical (unpaired) electrons. The first kappa shape index (κ1) is 17.2. The zero-order chi connectivity index (χ0) is 18.2. The monoisotopic (exact) mass is 369 g/mol. The van der Waals surface area contributed by atoms with Gasteiger partial charge in [0.1, 0.15) is 5.56 Å². The van der Waals surface area contributed by atoms with Gasteiger partial charge in [-0.2, -0.15) is 18.3 Å². The number of carbonyl (C=O) groups is 1. The summed E-state index contributed by atoms with van der Waals surface area (Å²) in [5.41, 5.74) is -0.935. The molecular weight excluding hydrogens is 359 g/mol. The molecule has 0 atom stereocenters. The fourth-order valence-electron chi connectivity index (χ4n) is 2.29. The summed E-state index contributed by atoms with van der Waals surface area (Å²) >= 11 is 5.81. The predicted molar refractivity (Wildman–Crippen MR) is 84.4 cm³/mol. The number of carbonyl (C=O) groups excluding carboxylic acids is 1. The van der Waals surface area contributed by atoms with E-state index in [0.717, 1.165) is 12.3 Å². The van der Waals surface area contributed by atoms with Gasteiger partial charge in [-0.1, -0.05) is 23.7 Å². The van der Waals surface area contributed by atoms with Crippen LogP contribution < -0.4 is 0 Å². The van der Waals surface area contributed by atoms with Crippen molar-refractivity contribution < 1.29 is 22.7 Å². The van der Waals surface area contributed by atoms with Gasteiger partial charge in [0.15, 0.2) is 11.3 Å². The molecule has 0 aliphatic rings. The zero-order valence-electron chi connectivity index (χ0n) is 12.8. The Morgan fingerprint density at radius 3 is 2.56 bits per heavy atom. The smallest absolute Gasteiger partial charge is 0.433 e. The summed E-state index contributed by atoms with van der Waals surface area (Å²) in [6, 6.07) is 7.04. The number of benzene rings is 1. The van der Waals surface area contributed by atoms with Gasteiger partial charge >= 0.3 is 12.1 Å². The van der Waals surface area contributed by atoms with Gasteiger partial charge in [0.05, 0.1) is 18.5 Å². The second-order valence-corrected chi connectivity index (χ2v) is 5.48. The topological polar surface area (TPSA) is 56.5 Å². The third kappa shape index (κ3) is 3.30. The first-order chi connectivity index (χ1) is 11.8. The molecule has 5 nitrogen and oxygen atoms in total. The van der Waals surface area contributed by atoms with E-state index >= 15 is 0 Å². The highest BCUT2D eigenvalue weighted by Crippen LogP contribution is 2.33. The van der Waals surface area contributed by atoms with Crippen molar-refractivity contribution in [1.82, 2.24) is 14.6 Å². The lowest BCUT2D eigenvalue weighted by Crippen LogP contribution is -2.14. The number of aromatic nitrogens is 3. The van der Waals surface area contributed by atoms with Crippen molar-refractivity contribution in [3.8, 4) is 11.3 Å². The molecular formula is C16H11ClF3N3O2. The molecule has 1 aromatic carbocycles. The maximum atomic E-state index is 13.4. The fourth-order valence-corrected chi connectivity index (χ4v) is 2.41. The number of hydrogen-bond acceptors (Lipinski definition) is 4. The number of rotatable bonds is 3. The molecule has 0 bridgehead atoms. The molecule has 0 spiro atoms. The molecule has 9 heteroatoms. The Kier molecular flexibility index (Phi) is 4.38. The molecule has 2 aromatic heterocycles. The number of ether oxygens (including phenoxy) is 1.